The van der Waals surface area contributed by atoms with E-state index in [0.717, 1.165) is 25.7 Å². The molecule has 0 unspecified atom stereocenters. The van der Waals surface area contributed by atoms with Crippen molar-refractivity contribution in [2.45, 2.75) is 26.1 Å². The maximum absolute atomic E-state index is 12.4. The van der Waals surface area contributed by atoms with Gasteiger partial charge in [0.1, 0.15) is 0 Å². The first-order valence-corrected chi connectivity index (χ1v) is 7.16. The molecule has 1 aromatic carbocycles. The molecule has 2 rings (SSSR count). The number of rotatable bonds is 6. The topological polar surface area (TPSA) is 76.9 Å². The molecule has 0 amide bonds. The Balaban J connectivity index is 2.31. The SMILES string of the molecule is COc1cc(CN2CCN[C@H](C)C2)c([N+](=O)[O-])cc1OC(F)F. The number of nitrogens with zero attached hydrogens (tertiary/aromatic N) is 2. The van der Waals surface area contributed by atoms with Crippen LogP contribution in [-0.2, 0) is 6.54 Å². The summed E-state index contributed by atoms with van der Waals surface area (Å²) in [7, 11) is 1.30. The van der Waals surface area contributed by atoms with Crippen LogP contribution in [0.4, 0.5) is 14.5 Å². The molecule has 1 heterocycles. The van der Waals surface area contributed by atoms with Crippen LogP contribution in [0.25, 0.3) is 0 Å². The molecule has 0 aromatic heterocycles. The van der Waals surface area contributed by atoms with Crippen LogP contribution in [0.5, 0.6) is 11.5 Å². The Labute approximate surface area is 132 Å². The zero-order valence-corrected chi connectivity index (χ0v) is 12.9. The van der Waals surface area contributed by atoms with Gasteiger partial charge in [0.25, 0.3) is 5.69 Å². The van der Waals surface area contributed by atoms with Crippen LogP contribution in [0.3, 0.4) is 0 Å². The van der Waals surface area contributed by atoms with Crippen molar-refractivity contribution in [3.05, 3.63) is 27.8 Å². The van der Waals surface area contributed by atoms with Crippen LogP contribution in [0.1, 0.15) is 12.5 Å². The number of hydrogen-bond donors (Lipinski definition) is 1. The number of benzene rings is 1. The standard InChI is InChI=1S/C14H19F2N3O4/c1-9-7-18(4-3-17-9)8-10-5-12(22-2)13(23-14(15)16)6-11(10)19(20)21/h5-6,9,14,17H,3-4,7-8H2,1-2H3/t9-/m1/s1. The maximum atomic E-state index is 12.4. The van der Waals surface area contributed by atoms with Gasteiger partial charge in [-0.15, -0.1) is 0 Å². The summed E-state index contributed by atoms with van der Waals surface area (Å²) in [5, 5.41) is 14.5. The predicted molar refractivity (Wildman–Crippen MR) is 79.0 cm³/mol. The van der Waals surface area contributed by atoms with Gasteiger partial charge in [-0.25, -0.2) is 0 Å². The molecule has 1 N–H and O–H groups in total. The highest BCUT2D eigenvalue weighted by atomic mass is 19.3. The zero-order chi connectivity index (χ0) is 17.0. The molecule has 9 heteroatoms. The lowest BCUT2D eigenvalue weighted by atomic mass is 10.1. The monoisotopic (exact) mass is 331 g/mol. The van der Waals surface area contributed by atoms with E-state index in [9.17, 15) is 18.9 Å². The van der Waals surface area contributed by atoms with Gasteiger partial charge in [-0.3, -0.25) is 15.0 Å². The van der Waals surface area contributed by atoms with Crippen molar-refractivity contribution in [2.75, 3.05) is 26.7 Å². The van der Waals surface area contributed by atoms with E-state index in [1.165, 1.54) is 13.2 Å². The van der Waals surface area contributed by atoms with Gasteiger partial charge < -0.3 is 14.8 Å². The Morgan fingerprint density at radius 3 is 2.78 bits per heavy atom. The number of nitro benzene ring substituents is 1. The lowest BCUT2D eigenvalue weighted by Gasteiger charge is -2.31. The molecule has 1 aromatic rings. The van der Waals surface area contributed by atoms with Crippen molar-refractivity contribution in [1.82, 2.24) is 10.2 Å². The summed E-state index contributed by atoms with van der Waals surface area (Å²) in [6, 6.07) is 2.67. The van der Waals surface area contributed by atoms with Gasteiger partial charge in [0, 0.05) is 37.8 Å². The van der Waals surface area contributed by atoms with Gasteiger partial charge in [-0.1, -0.05) is 0 Å². The number of nitrogens with one attached hydrogen (secondary N) is 1. The van der Waals surface area contributed by atoms with Gasteiger partial charge in [-0.2, -0.15) is 8.78 Å². The largest absolute Gasteiger partial charge is 0.493 e. The maximum Gasteiger partial charge on any atom is 0.387 e. The normalized spacial score (nSPS) is 18.9. The molecule has 0 spiro atoms. The molecule has 1 aliphatic heterocycles. The Morgan fingerprint density at radius 1 is 1.48 bits per heavy atom. The number of halogens is 2. The van der Waals surface area contributed by atoms with Crippen LogP contribution in [0, 0.1) is 10.1 Å². The van der Waals surface area contributed by atoms with Crippen molar-refractivity contribution in [1.29, 1.82) is 0 Å². The van der Waals surface area contributed by atoms with Crippen molar-refractivity contribution in [3.63, 3.8) is 0 Å². The highest BCUT2D eigenvalue weighted by molar-refractivity contribution is 5.54. The molecule has 0 saturated carbocycles. The van der Waals surface area contributed by atoms with Gasteiger partial charge >= 0.3 is 6.61 Å². The number of hydrogen-bond acceptors (Lipinski definition) is 6. The first-order valence-electron chi connectivity index (χ1n) is 7.16. The van der Waals surface area contributed by atoms with Gasteiger partial charge in [-0.05, 0) is 13.0 Å². The number of nitro groups is 1. The summed E-state index contributed by atoms with van der Waals surface area (Å²) in [6.07, 6.45) is 0. The molecular weight excluding hydrogens is 312 g/mol. The second-order valence-electron chi connectivity index (χ2n) is 5.36. The minimum absolute atomic E-state index is 0.0501. The summed E-state index contributed by atoms with van der Waals surface area (Å²) in [5.74, 6) is -0.291. The second kappa shape index (κ2) is 7.51. The number of methoxy groups -OCH3 is 1. The number of piperazine rings is 1. The molecule has 128 valence electrons. The smallest absolute Gasteiger partial charge is 0.387 e. The van der Waals surface area contributed by atoms with Crippen molar-refractivity contribution in [2.24, 2.45) is 0 Å². The summed E-state index contributed by atoms with van der Waals surface area (Å²) in [6.45, 7) is 1.57. The summed E-state index contributed by atoms with van der Waals surface area (Å²) >= 11 is 0. The fourth-order valence-corrected chi connectivity index (χ4v) is 2.63. The van der Waals surface area contributed by atoms with Crippen LogP contribution < -0.4 is 14.8 Å². The molecule has 1 aliphatic rings. The summed E-state index contributed by atoms with van der Waals surface area (Å²) in [5.41, 5.74) is 0.148. The first kappa shape index (κ1) is 17.4. The molecule has 7 nitrogen and oxygen atoms in total. The van der Waals surface area contributed by atoms with Crippen LogP contribution in [0.15, 0.2) is 12.1 Å². The Kier molecular flexibility index (Phi) is 5.67. The molecule has 1 fully saturated rings. The summed E-state index contributed by atoms with van der Waals surface area (Å²) in [4.78, 5) is 12.7. The third-order valence-corrected chi connectivity index (χ3v) is 3.62. The Bertz CT molecular complexity index is 571. The molecule has 1 saturated heterocycles. The van der Waals surface area contributed by atoms with Crippen molar-refractivity contribution >= 4 is 5.69 Å². The summed E-state index contributed by atoms with van der Waals surface area (Å²) < 4.78 is 34.2. The van der Waals surface area contributed by atoms with E-state index in [1.807, 2.05) is 6.92 Å². The van der Waals surface area contributed by atoms with E-state index >= 15 is 0 Å². The lowest BCUT2D eigenvalue weighted by Crippen LogP contribution is -2.48. The van der Waals surface area contributed by atoms with E-state index in [1.54, 1.807) is 0 Å². The molecule has 0 radical (unpaired) electrons. The molecule has 23 heavy (non-hydrogen) atoms. The Hall–Kier alpha value is -2.00. The molecule has 1 atom stereocenters. The minimum Gasteiger partial charge on any atom is -0.493 e. The van der Waals surface area contributed by atoms with Gasteiger partial charge in [0.05, 0.1) is 18.1 Å². The third-order valence-electron chi connectivity index (χ3n) is 3.62. The number of ether oxygens (including phenoxy) is 2. The van der Waals surface area contributed by atoms with Crippen LogP contribution >= 0.6 is 0 Å². The van der Waals surface area contributed by atoms with Crippen LogP contribution in [0.2, 0.25) is 0 Å². The zero-order valence-electron chi connectivity index (χ0n) is 12.9. The minimum atomic E-state index is -3.08. The van der Waals surface area contributed by atoms with E-state index in [-0.39, 0.29) is 23.2 Å². The van der Waals surface area contributed by atoms with Crippen molar-refractivity contribution in [3.8, 4) is 11.5 Å². The fraction of sp³-hybridized carbons (Fsp3) is 0.571. The van der Waals surface area contributed by atoms with E-state index < -0.39 is 11.5 Å². The fourth-order valence-electron chi connectivity index (χ4n) is 2.63. The first-order chi connectivity index (χ1) is 10.9. The lowest BCUT2D eigenvalue weighted by molar-refractivity contribution is -0.385. The molecule has 0 bridgehead atoms. The highest BCUT2D eigenvalue weighted by Gasteiger charge is 2.24. The quantitative estimate of drug-likeness (QED) is 0.635. The van der Waals surface area contributed by atoms with E-state index in [2.05, 4.69) is 15.0 Å². The van der Waals surface area contributed by atoms with E-state index in [0.29, 0.717) is 12.1 Å². The predicted octanol–water partition coefficient (Wildman–Crippen LogP) is 2.00. The Morgan fingerprint density at radius 2 is 2.22 bits per heavy atom. The molecular formula is C14H19F2N3O4. The average molecular weight is 331 g/mol. The van der Waals surface area contributed by atoms with Crippen LogP contribution in [-0.4, -0.2) is 49.2 Å². The highest BCUT2D eigenvalue weighted by Crippen LogP contribution is 2.36. The third kappa shape index (κ3) is 4.49. The average Bonchev–Trinajstić information content (AvgIpc) is 2.47. The second-order valence-corrected chi connectivity index (χ2v) is 5.36. The van der Waals surface area contributed by atoms with Gasteiger partial charge in [0.2, 0.25) is 0 Å². The van der Waals surface area contributed by atoms with E-state index in [4.69, 9.17) is 4.74 Å². The van der Waals surface area contributed by atoms with Crippen molar-refractivity contribution < 1.29 is 23.2 Å². The molecule has 0 aliphatic carbocycles. The van der Waals surface area contributed by atoms with Gasteiger partial charge in [0.15, 0.2) is 11.5 Å². The number of alkyl halides is 2.